The van der Waals surface area contributed by atoms with E-state index in [1.54, 1.807) is 51.2 Å². The van der Waals surface area contributed by atoms with Gasteiger partial charge in [-0.15, -0.1) is 0 Å². The topological polar surface area (TPSA) is 74.1 Å². The summed E-state index contributed by atoms with van der Waals surface area (Å²) in [4.78, 5) is 36.9. The Balaban J connectivity index is 1.64. The summed E-state index contributed by atoms with van der Waals surface area (Å²) in [6.45, 7) is 5.38. The Morgan fingerprint density at radius 1 is 1.09 bits per heavy atom. The van der Waals surface area contributed by atoms with Crippen molar-refractivity contribution in [2.45, 2.75) is 58.0 Å². The number of nitrogens with zero attached hydrogens (tertiary/aromatic N) is 1. The molecule has 6 nitrogen and oxygen atoms in total. The molecule has 0 unspecified atom stereocenters. The average molecular weight is 466 g/mol. The molecular formula is C27H28FNO5. The number of hydrogen-bond acceptors (Lipinski definition) is 5. The van der Waals surface area contributed by atoms with Crippen molar-refractivity contribution in [1.29, 1.82) is 0 Å². The molecule has 1 aromatic carbocycles. The van der Waals surface area contributed by atoms with Crippen LogP contribution in [-0.4, -0.2) is 29.1 Å². The average Bonchev–Trinajstić information content (AvgIpc) is 3.62. The zero-order valence-corrected chi connectivity index (χ0v) is 19.8. The molecule has 1 fully saturated rings. The Morgan fingerprint density at radius 2 is 1.79 bits per heavy atom. The molecule has 7 heteroatoms. The number of ether oxygens (including phenoxy) is 2. The van der Waals surface area contributed by atoms with E-state index in [4.69, 9.17) is 9.47 Å². The van der Waals surface area contributed by atoms with Gasteiger partial charge in [-0.25, -0.2) is 9.18 Å². The lowest BCUT2D eigenvalue weighted by Crippen LogP contribution is -2.24. The highest BCUT2D eigenvalue weighted by molar-refractivity contribution is 5.90. The van der Waals surface area contributed by atoms with E-state index in [2.05, 4.69) is 0 Å². The maximum Gasteiger partial charge on any atom is 0.343 e. The van der Waals surface area contributed by atoms with Crippen LogP contribution in [0.5, 0.6) is 0 Å². The fraction of sp³-hybridized carbons (Fsp3) is 0.370. The van der Waals surface area contributed by atoms with Crippen LogP contribution in [-0.2, 0) is 20.7 Å². The van der Waals surface area contributed by atoms with Crippen LogP contribution in [0.2, 0.25) is 0 Å². The standard InChI is InChI=1S/C27H28FNO5/c1-27(2,3)34-24(30)10-9-17-7-8-18(13-22(17)28)19-11-12-29-23(14-19)20(16-5-6-16)15-21(25(29)31)26(32)33-4/h7-8,11-16H,5-6,9-10H2,1-4H3. The van der Waals surface area contributed by atoms with Crippen LogP contribution in [0, 0.1) is 5.82 Å². The van der Waals surface area contributed by atoms with Crippen LogP contribution in [0.25, 0.3) is 16.6 Å². The van der Waals surface area contributed by atoms with Gasteiger partial charge in [0.15, 0.2) is 0 Å². The number of carbonyl (C=O) groups is 2. The number of benzene rings is 1. The highest BCUT2D eigenvalue weighted by Gasteiger charge is 2.28. The summed E-state index contributed by atoms with van der Waals surface area (Å²) in [5.74, 6) is -1.15. The molecule has 34 heavy (non-hydrogen) atoms. The minimum atomic E-state index is -0.658. The second-order valence-corrected chi connectivity index (χ2v) is 9.65. The molecule has 0 saturated heterocycles. The third-order valence-corrected chi connectivity index (χ3v) is 5.83. The highest BCUT2D eigenvalue weighted by atomic mass is 19.1. The summed E-state index contributed by atoms with van der Waals surface area (Å²) in [5.41, 5.74) is 2.46. The van der Waals surface area contributed by atoms with Crippen LogP contribution in [0.4, 0.5) is 4.39 Å². The van der Waals surface area contributed by atoms with E-state index in [1.165, 1.54) is 17.6 Å². The van der Waals surface area contributed by atoms with E-state index in [9.17, 15) is 18.8 Å². The van der Waals surface area contributed by atoms with Crippen LogP contribution < -0.4 is 5.56 Å². The second kappa shape index (κ2) is 9.05. The summed E-state index contributed by atoms with van der Waals surface area (Å²) in [7, 11) is 1.25. The first kappa shape index (κ1) is 23.7. The summed E-state index contributed by atoms with van der Waals surface area (Å²) in [6.07, 6.45) is 3.93. The van der Waals surface area contributed by atoms with E-state index in [0.29, 0.717) is 16.6 Å². The quantitative estimate of drug-likeness (QED) is 0.477. The minimum absolute atomic E-state index is 0.00929. The largest absolute Gasteiger partial charge is 0.465 e. The van der Waals surface area contributed by atoms with Crippen LogP contribution in [0.1, 0.15) is 67.4 Å². The molecule has 1 aliphatic carbocycles. The van der Waals surface area contributed by atoms with Crippen molar-refractivity contribution in [2.24, 2.45) is 0 Å². The number of hydrogen-bond donors (Lipinski definition) is 0. The molecule has 3 aromatic rings. The van der Waals surface area contributed by atoms with Crippen LogP contribution in [0.15, 0.2) is 47.4 Å². The molecule has 178 valence electrons. The summed E-state index contributed by atoms with van der Waals surface area (Å²) in [6, 6.07) is 10.1. The first-order chi connectivity index (χ1) is 16.1. The lowest BCUT2D eigenvalue weighted by molar-refractivity contribution is -0.154. The van der Waals surface area contributed by atoms with Gasteiger partial charge < -0.3 is 9.47 Å². The molecule has 0 spiro atoms. The molecule has 1 saturated carbocycles. The number of carbonyl (C=O) groups excluding carboxylic acids is 2. The number of pyridine rings is 2. The number of aromatic nitrogens is 1. The van der Waals surface area contributed by atoms with Gasteiger partial charge in [0, 0.05) is 12.6 Å². The van der Waals surface area contributed by atoms with Crippen molar-refractivity contribution in [3.8, 4) is 11.1 Å². The maximum absolute atomic E-state index is 14.8. The van der Waals surface area contributed by atoms with Gasteiger partial charge in [-0.05, 0) is 92.5 Å². The third-order valence-electron chi connectivity index (χ3n) is 5.83. The molecule has 0 atom stereocenters. The van der Waals surface area contributed by atoms with Gasteiger partial charge in [0.25, 0.3) is 5.56 Å². The first-order valence-electron chi connectivity index (χ1n) is 11.4. The second-order valence-electron chi connectivity index (χ2n) is 9.65. The Bertz CT molecular complexity index is 1330. The lowest BCUT2D eigenvalue weighted by atomic mass is 9.99. The number of methoxy groups -OCH3 is 1. The molecule has 1 aliphatic rings. The van der Waals surface area contributed by atoms with Crippen LogP contribution in [0.3, 0.4) is 0 Å². The number of halogens is 1. The van der Waals surface area contributed by atoms with E-state index >= 15 is 0 Å². The highest BCUT2D eigenvalue weighted by Crippen LogP contribution is 2.42. The zero-order valence-electron chi connectivity index (χ0n) is 19.8. The monoisotopic (exact) mass is 465 g/mol. The predicted octanol–water partition coefficient (Wildman–Crippen LogP) is 5.04. The predicted molar refractivity (Wildman–Crippen MR) is 127 cm³/mol. The van der Waals surface area contributed by atoms with Crippen molar-refractivity contribution >= 4 is 17.5 Å². The maximum atomic E-state index is 14.8. The zero-order chi connectivity index (χ0) is 24.6. The fourth-order valence-corrected chi connectivity index (χ4v) is 4.04. The Hall–Kier alpha value is -3.48. The summed E-state index contributed by atoms with van der Waals surface area (Å²) < 4.78 is 26.4. The van der Waals surface area contributed by atoms with Gasteiger partial charge in [0.1, 0.15) is 17.0 Å². The van der Waals surface area contributed by atoms with Gasteiger partial charge in [0.2, 0.25) is 0 Å². The Labute approximate surface area is 197 Å². The molecule has 2 aromatic heterocycles. The molecule has 0 amide bonds. The summed E-state index contributed by atoms with van der Waals surface area (Å²) >= 11 is 0. The normalized spacial score (nSPS) is 13.7. The van der Waals surface area contributed by atoms with Crippen molar-refractivity contribution in [1.82, 2.24) is 4.40 Å². The smallest absolute Gasteiger partial charge is 0.343 e. The molecular weight excluding hydrogens is 437 g/mol. The SMILES string of the molecule is COC(=O)c1cc(C2CC2)c2cc(-c3ccc(CCC(=O)OC(C)(C)C)c(F)c3)ccn2c1=O. The van der Waals surface area contributed by atoms with Crippen molar-refractivity contribution < 1.29 is 23.5 Å². The van der Waals surface area contributed by atoms with Crippen molar-refractivity contribution in [2.75, 3.05) is 7.11 Å². The van der Waals surface area contributed by atoms with Gasteiger partial charge in [-0.2, -0.15) is 0 Å². The van der Waals surface area contributed by atoms with Gasteiger partial charge >= 0.3 is 11.9 Å². The van der Waals surface area contributed by atoms with Gasteiger partial charge in [0.05, 0.1) is 12.6 Å². The fourth-order valence-electron chi connectivity index (χ4n) is 4.04. The molecule has 4 rings (SSSR count). The van der Waals surface area contributed by atoms with E-state index in [0.717, 1.165) is 24.0 Å². The molecule has 0 N–H and O–H groups in total. The van der Waals surface area contributed by atoms with E-state index in [1.807, 2.05) is 6.07 Å². The Kier molecular flexibility index (Phi) is 6.30. The number of aryl methyl sites for hydroxylation is 1. The van der Waals surface area contributed by atoms with Crippen molar-refractivity contribution in [3.63, 3.8) is 0 Å². The van der Waals surface area contributed by atoms with Gasteiger partial charge in [-0.3, -0.25) is 14.0 Å². The first-order valence-corrected chi connectivity index (χ1v) is 11.4. The Morgan fingerprint density at radius 3 is 2.41 bits per heavy atom. The van der Waals surface area contributed by atoms with Crippen LogP contribution >= 0.6 is 0 Å². The lowest BCUT2D eigenvalue weighted by Gasteiger charge is -2.19. The molecule has 0 radical (unpaired) electrons. The molecule has 0 aliphatic heterocycles. The molecule has 0 bridgehead atoms. The summed E-state index contributed by atoms with van der Waals surface area (Å²) in [5, 5.41) is 0. The van der Waals surface area contributed by atoms with E-state index < -0.39 is 22.9 Å². The third kappa shape index (κ3) is 5.03. The minimum Gasteiger partial charge on any atom is -0.465 e. The van der Waals surface area contributed by atoms with Crippen molar-refractivity contribution in [3.05, 3.63) is 75.5 Å². The van der Waals surface area contributed by atoms with E-state index in [-0.39, 0.29) is 30.3 Å². The number of fused-ring (bicyclic) bond motifs is 1. The number of esters is 2. The number of rotatable bonds is 6. The van der Waals surface area contributed by atoms with Gasteiger partial charge in [-0.1, -0.05) is 12.1 Å². The molecule has 2 heterocycles.